The van der Waals surface area contributed by atoms with Gasteiger partial charge >= 0.3 is 0 Å². The third-order valence-electron chi connectivity index (χ3n) is 5.02. The average molecular weight is 360 g/mol. The van der Waals surface area contributed by atoms with Gasteiger partial charge in [-0.15, -0.1) is 0 Å². The number of phenols is 1. The van der Waals surface area contributed by atoms with Crippen LogP contribution in [0.1, 0.15) is 95.6 Å². The van der Waals surface area contributed by atoms with Crippen LogP contribution in [0.5, 0.6) is 5.75 Å². The molecule has 0 unspecified atom stereocenters. The molecule has 1 rings (SSSR count). The van der Waals surface area contributed by atoms with Gasteiger partial charge in [0.05, 0.1) is 0 Å². The van der Waals surface area contributed by atoms with Gasteiger partial charge in [0, 0.05) is 0 Å². The molecule has 0 radical (unpaired) electrons. The van der Waals surface area contributed by atoms with Crippen LogP contribution >= 0.6 is 0 Å². The summed E-state index contributed by atoms with van der Waals surface area (Å²) in [6, 6.07) is 5.70. The molecule has 0 saturated heterocycles. The number of phenolic OH excluding ortho intramolecular Hbond substituents is 1. The van der Waals surface area contributed by atoms with Crippen molar-refractivity contribution in [3.05, 3.63) is 35.4 Å². The Hall–Kier alpha value is -1.28. The number of aromatic hydroxyl groups is 1. The van der Waals surface area contributed by atoms with Gasteiger partial charge in [-0.2, -0.15) is 0 Å². The molecule has 2 heteroatoms. The van der Waals surface area contributed by atoms with E-state index in [1.54, 1.807) is 6.07 Å². The Bertz CT molecular complexity index is 507. The summed E-state index contributed by atoms with van der Waals surface area (Å²) in [4.78, 5) is 0. The minimum atomic E-state index is 0.361. The summed E-state index contributed by atoms with van der Waals surface area (Å²) in [5, 5.41) is 13.4. The van der Waals surface area contributed by atoms with E-state index < -0.39 is 0 Å². The highest BCUT2D eigenvalue weighted by molar-refractivity contribution is 5.69. The number of rotatable bonds is 15. The van der Waals surface area contributed by atoms with Gasteiger partial charge in [0.15, 0.2) is 0 Å². The Morgan fingerprint density at radius 1 is 0.923 bits per heavy atom. The predicted octanol–water partition coefficient (Wildman–Crippen LogP) is 7.00. The lowest BCUT2D eigenvalue weighted by molar-refractivity contribution is 0.475. The van der Waals surface area contributed by atoms with Crippen LogP contribution in [0.2, 0.25) is 0 Å². The van der Waals surface area contributed by atoms with Gasteiger partial charge in [0.2, 0.25) is 0 Å². The van der Waals surface area contributed by atoms with Crippen molar-refractivity contribution in [1.29, 1.82) is 0 Å². The molecule has 0 spiro atoms. The van der Waals surface area contributed by atoms with Crippen molar-refractivity contribution in [3.63, 3.8) is 0 Å². The summed E-state index contributed by atoms with van der Waals surface area (Å²) in [5.41, 5.74) is 3.81. The van der Waals surface area contributed by atoms with Crippen LogP contribution in [0.15, 0.2) is 24.3 Å². The summed E-state index contributed by atoms with van der Waals surface area (Å²) in [6.45, 7) is 8.75. The Morgan fingerprint density at radius 3 is 2.31 bits per heavy atom. The van der Waals surface area contributed by atoms with Crippen molar-refractivity contribution in [2.24, 2.45) is 0 Å². The molecule has 148 valence electrons. The number of benzene rings is 1. The Balaban J connectivity index is 2.26. The quantitative estimate of drug-likeness (QED) is 0.330. The molecule has 1 aromatic rings. The smallest absolute Gasteiger partial charge is 0.116 e. The van der Waals surface area contributed by atoms with Crippen LogP contribution in [0.3, 0.4) is 0 Å². The minimum absolute atomic E-state index is 0.361. The number of nitrogens with one attached hydrogen (secondary N) is 1. The van der Waals surface area contributed by atoms with Crippen molar-refractivity contribution < 1.29 is 5.11 Å². The number of hydrogen-bond acceptors (Lipinski definition) is 2. The summed E-state index contributed by atoms with van der Waals surface area (Å²) in [7, 11) is 0. The second-order valence-electron chi connectivity index (χ2n) is 7.49. The van der Waals surface area contributed by atoms with Crippen molar-refractivity contribution >= 4 is 5.57 Å². The summed E-state index contributed by atoms with van der Waals surface area (Å²) < 4.78 is 0. The molecule has 0 heterocycles. The third kappa shape index (κ3) is 10.0. The van der Waals surface area contributed by atoms with Crippen LogP contribution in [-0.4, -0.2) is 18.2 Å². The average Bonchev–Trinajstić information content (AvgIpc) is 2.64. The Morgan fingerprint density at radius 2 is 1.62 bits per heavy atom. The second kappa shape index (κ2) is 14.8. The van der Waals surface area contributed by atoms with E-state index in [0.29, 0.717) is 5.75 Å². The summed E-state index contributed by atoms with van der Waals surface area (Å²) in [6.07, 6.45) is 16.6. The Labute approximate surface area is 162 Å². The maximum Gasteiger partial charge on any atom is 0.116 e. The maximum absolute atomic E-state index is 9.83. The molecule has 0 fully saturated rings. The molecule has 0 atom stereocenters. The molecule has 0 aromatic heterocycles. The fourth-order valence-electron chi connectivity index (χ4n) is 3.35. The molecular weight excluding hydrogens is 318 g/mol. The van der Waals surface area contributed by atoms with Gasteiger partial charge in [-0.1, -0.05) is 77.4 Å². The van der Waals surface area contributed by atoms with Gasteiger partial charge in [-0.25, -0.2) is 0 Å². The summed E-state index contributed by atoms with van der Waals surface area (Å²) >= 11 is 0. The fraction of sp³-hybridized carbons (Fsp3) is 0.667. The number of aryl methyl sites for hydroxylation is 1. The van der Waals surface area contributed by atoms with Gasteiger partial charge < -0.3 is 10.4 Å². The monoisotopic (exact) mass is 359 g/mol. The SMILES string of the molecule is CCC/C=C(/CCNCCCCCCCCCC)c1cc(O)ccc1C. The van der Waals surface area contributed by atoms with Crippen LogP contribution in [-0.2, 0) is 0 Å². The largest absolute Gasteiger partial charge is 0.508 e. The van der Waals surface area contributed by atoms with Crippen LogP contribution in [0, 0.1) is 6.92 Å². The van der Waals surface area contributed by atoms with Crippen molar-refractivity contribution in [2.45, 2.75) is 91.4 Å². The lowest BCUT2D eigenvalue weighted by Gasteiger charge is -2.13. The van der Waals surface area contributed by atoms with E-state index in [1.807, 2.05) is 12.1 Å². The molecular formula is C24H41NO. The molecule has 0 bridgehead atoms. The molecule has 0 aliphatic rings. The van der Waals surface area contributed by atoms with Gasteiger partial charge in [0.1, 0.15) is 5.75 Å². The number of unbranched alkanes of at least 4 members (excludes halogenated alkanes) is 8. The van der Waals surface area contributed by atoms with E-state index >= 15 is 0 Å². The first kappa shape index (κ1) is 22.8. The molecule has 26 heavy (non-hydrogen) atoms. The standard InChI is InChI=1S/C24H41NO/c1-4-6-8-9-10-11-12-13-18-25-19-17-22(14-7-5-2)24-20-23(26)16-15-21(24)3/h14-16,20,25-26H,4-13,17-19H2,1-3H3/b22-14-. The first-order chi connectivity index (χ1) is 12.7. The van der Waals surface area contributed by atoms with E-state index in [0.717, 1.165) is 32.4 Å². The van der Waals surface area contributed by atoms with E-state index in [-0.39, 0.29) is 0 Å². The molecule has 2 nitrogen and oxygen atoms in total. The van der Waals surface area contributed by atoms with E-state index in [4.69, 9.17) is 0 Å². The molecule has 1 aromatic carbocycles. The van der Waals surface area contributed by atoms with Gasteiger partial charge in [0.25, 0.3) is 0 Å². The first-order valence-corrected chi connectivity index (χ1v) is 10.9. The Kier molecular flexibility index (Phi) is 13.0. The molecule has 2 N–H and O–H groups in total. The van der Waals surface area contributed by atoms with Crippen molar-refractivity contribution in [1.82, 2.24) is 5.32 Å². The first-order valence-electron chi connectivity index (χ1n) is 10.9. The highest BCUT2D eigenvalue weighted by Gasteiger charge is 2.06. The predicted molar refractivity (Wildman–Crippen MR) is 116 cm³/mol. The van der Waals surface area contributed by atoms with Crippen molar-refractivity contribution in [2.75, 3.05) is 13.1 Å². The lowest BCUT2D eigenvalue weighted by atomic mass is 9.96. The van der Waals surface area contributed by atoms with E-state index in [9.17, 15) is 5.11 Å². The second-order valence-corrected chi connectivity index (χ2v) is 7.49. The fourth-order valence-corrected chi connectivity index (χ4v) is 3.35. The molecule has 0 saturated carbocycles. The normalized spacial score (nSPS) is 11.9. The third-order valence-corrected chi connectivity index (χ3v) is 5.02. The highest BCUT2D eigenvalue weighted by Crippen LogP contribution is 2.26. The summed E-state index contributed by atoms with van der Waals surface area (Å²) in [5.74, 6) is 0.361. The number of allylic oxidation sites excluding steroid dienone is 1. The van der Waals surface area contributed by atoms with Crippen LogP contribution in [0.25, 0.3) is 5.57 Å². The van der Waals surface area contributed by atoms with Crippen molar-refractivity contribution in [3.8, 4) is 5.75 Å². The van der Waals surface area contributed by atoms with E-state index in [1.165, 1.54) is 68.1 Å². The lowest BCUT2D eigenvalue weighted by Crippen LogP contribution is -2.17. The zero-order chi connectivity index (χ0) is 19.0. The topological polar surface area (TPSA) is 32.3 Å². The zero-order valence-electron chi connectivity index (χ0n) is 17.4. The number of hydrogen-bond donors (Lipinski definition) is 2. The van der Waals surface area contributed by atoms with Crippen LogP contribution in [0.4, 0.5) is 0 Å². The van der Waals surface area contributed by atoms with E-state index in [2.05, 4.69) is 32.2 Å². The highest BCUT2D eigenvalue weighted by atomic mass is 16.3. The minimum Gasteiger partial charge on any atom is -0.508 e. The van der Waals surface area contributed by atoms with Gasteiger partial charge in [-0.05, 0) is 68.1 Å². The molecule has 0 amide bonds. The molecule has 0 aliphatic heterocycles. The van der Waals surface area contributed by atoms with Crippen LogP contribution < -0.4 is 5.32 Å². The zero-order valence-corrected chi connectivity index (χ0v) is 17.4. The molecule has 0 aliphatic carbocycles. The maximum atomic E-state index is 9.83. The van der Waals surface area contributed by atoms with Gasteiger partial charge in [-0.3, -0.25) is 0 Å².